The molecule has 0 spiro atoms. The van der Waals surface area contributed by atoms with Crippen LogP contribution >= 0.6 is 0 Å². The number of hydrogen-bond acceptors (Lipinski definition) is 8. The highest BCUT2D eigenvalue weighted by atomic mass is 19.1. The number of hydrogen-bond donors (Lipinski definition) is 0. The Morgan fingerprint density at radius 3 is 1.55 bits per heavy atom. The number of esters is 4. The van der Waals surface area contributed by atoms with Crippen LogP contribution in [0.1, 0.15) is 16.7 Å². The van der Waals surface area contributed by atoms with Gasteiger partial charge in [0.05, 0.1) is 0 Å². The number of carbonyl (C=O) groups is 4. The zero-order valence-corrected chi connectivity index (χ0v) is 22.4. The molecule has 3 rings (SSSR count). The van der Waals surface area contributed by atoms with Gasteiger partial charge in [0, 0.05) is 41.0 Å². The topological polar surface area (TPSA) is 105 Å². The second-order valence-corrected chi connectivity index (χ2v) is 8.15. The molecule has 0 radical (unpaired) electrons. The molecule has 0 saturated heterocycles. The van der Waals surface area contributed by atoms with Gasteiger partial charge in [0.25, 0.3) is 0 Å². The van der Waals surface area contributed by atoms with E-state index in [1.54, 1.807) is 0 Å². The first-order chi connectivity index (χ1) is 20.1. The molecule has 3 aromatic carbocycles. The molecule has 0 aliphatic carbocycles. The van der Waals surface area contributed by atoms with Crippen molar-refractivity contribution in [3.05, 3.63) is 122 Å². The molecule has 0 bridgehead atoms. The highest BCUT2D eigenvalue weighted by Gasteiger charge is 2.27. The van der Waals surface area contributed by atoms with Gasteiger partial charge in [-0.05, 0) is 48.9 Å². The van der Waals surface area contributed by atoms with Gasteiger partial charge in [-0.25, -0.2) is 23.6 Å². The van der Waals surface area contributed by atoms with E-state index >= 15 is 4.39 Å². The van der Waals surface area contributed by atoms with Crippen LogP contribution in [0, 0.1) is 24.6 Å². The molecule has 0 amide bonds. The Morgan fingerprint density at radius 1 is 0.643 bits per heavy atom. The lowest BCUT2D eigenvalue weighted by Crippen LogP contribution is -2.12. The molecule has 0 aromatic heterocycles. The van der Waals surface area contributed by atoms with Crippen LogP contribution in [0.2, 0.25) is 0 Å². The van der Waals surface area contributed by atoms with Crippen LogP contribution in [0.15, 0.2) is 99.2 Å². The van der Waals surface area contributed by atoms with E-state index in [0.29, 0.717) is 11.1 Å². The van der Waals surface area contributed by atoms with Gasteiger partial charge in [-0.1, -0.05) is 50.3 Å². The Balaban J connectivity index is 2.22. The smallest absolute Gasteiger partial charge is 0.335 e. The van der Waals surface area contributed by atoms with Crippen molar-refractivity contribution in [2.24, 2.45) is 0 Å². The molecule has 0 aliphatic heterocycles. The van der Waals surface area contributed by atoms with Crippen molar-refractivity contribution in [3.63, 3.8) is 0 Å². The van der Waals surface area contributed by atoms with E-state index in [1.165, 1.54) is 55.5 Å². The van der Waals surface area contributed by atoms with Gasteiger partial charge < -0.3 is 18.9 Å². The van der Waals surface area contributed by atoms with Crippen molar-refractivity contribution in [2.45, 2.75) is 6.92 Å². The van der Waals surface area contributed by atoms with Gasteiger partial charge in [-0.3, -0.25) is 0 Å². The largest absolute Gasteiger partial charge is 0.423 e. The molecule has 0 unspecified atom stereocenters. The van der Waals surface area contributed by atoms with Crippen molar-refractivity contribution >= 4 is 23.9 Å². The lowest BCUT2D eigenvalue weighted by Gasteiger charge is -2.19. The summed E-state index contributed by atoms with van der Waals surface area (Å²) in [7, 11) is 0. The predicted octanol–water partition coefficient (Wildman–Crippen LogP) is 5.57. The van der Waals surface area contributed by atoms with Crippen LogP contribution in [0.4, 0.5) is 4.39 Å². The molecule has 3 aromatic rings. The quantitative estimate of drug-likeness (QED) is 0.143. The minimum Gasteiger partial charge on any atom is -0.423 e. The monoisotopic (exact) mass is 566 g/mol. The van der Waals surface area contributed by atoms with E-state index in [1.807, 2.05) is 0 Å². The molecule has 0 fully saturated rings. The molecule has 8 nitrogen and oxygen atoms in total. The van der Waals surface area contributed by atoms with E-state index in [-0.39, 0.29) is 33.9 Å². The van der Waals surface area contributed by atoms with Crippen LogP contribution in [-0.2, 0) is 19.2 Å². The molecule has 210 valence electrons. The van der Waals surface area contributed by atoms with E-state index in [0.717, 1.165) is 24.3 Å². The Kier molecular flexibility index (Phi) is 10.1. The lowest BCUT2D eigenvalue weighted by atomic mass is 9.95. The normalized spacial score (nSPS) is 9.76. The molecule has 0 saturated carbocycles. The summed E-state index contributed by atoms with van der Waals surface area (Å²) >= 11 is 0. The molecule has 0 atom stereocenters. The number of rotatable bonds is 9. The van der Waals surface area contributed by atoms with Gasteiger partial charge >= 0.3 is 23.9 Å². The molecular weight excluding hydrogens is 543 g/mol. The number of carbonyl (C=O) groups excluding carboxylic acids is 4. The zero-order chi connectivity index (χ0) is 30.8. The highest BCUT2D eigenvalue weighted by molar-refractivity contribution is 5.90. The molecule has 0 heterocycles. The van der Waals surface area contributed by atoms with Crippen molar-refractivity contribution < 1.29 is 42.5 Å². The number of halogens is 1. The minimum absolute atomic E-state index is 0.0649. The third kappa shape index (κ3) is 7.34. The summed E-state index contributed by atoms with van der Waals surface area (Å²) in [5.74, 6) is 0.818. The zero-order valence-electron chi connectivity index (χ0n) is 22.4. The number of ether oxygens (including phenoxy) is 4. The standard InChI is InChI=1S/C33H23FO8/c1-6-26(35)39-23-15-10-21(11-16-23)12-19-25-31(34)33(42-29(38)9-4)30(20(5)32(25)41-28(37)8-3)22-13-17-24(18-14-22)40-27(36)7-2/h6-11,13-18H,1-4H2,5H3. The summed E-state index contributed by atoms with van der Waals surface area (Å²) in [5.41, 5.74) is 0.610. The van der Waals surface area contributed by atoms with Crippen LogP contribution in [0.5, 0.6) is 23.0 Å². The number of benzene rings is 3. The summed E-state index contributed by atoms with van der Waals surface area (Å²) in [6, 6.07) is 11.8. The Bertz CT molecular complexity index is 1670. The molecule has 42 heavy (non-hydrogen) atoms. The van der Waals surface area contributed by atoms with Crippen LogP contribution in [0.25, 0.3) is 11.1 Å². The fourth-order valence-electron chi connectivity index (χ4n) is 3.51. The summed E-state index contributed by atoms with van der Waals surface area (Å²) in [5, 5.41) is 0. The summed E-state index contributed by atoms with van der Waals surface area (Å²) in [4.78, 5) is 47.4. The Hall–Kier alpha value is -6.01. The highest BCUT2D eigenvalue weighted by Crippen LogP contribution is 2.44. The average molecular weight is 567 g/mol. The van der Waals surface area contributed by atoms with Crippen molar-refractivity contribution in [1.29, 1.82) is 0 Å². The summed E-state index contributed by atoms with van der Waals surface area (Å²) < 4.78 is 37.0. The lowest BCUT2D eigenvalue weighted by molar-refractivity contribution is -0.130. The average Bonchev–Trinajstić information content (AvgIpc) is 3.00. The van der Waals surface area contributed by atoms with Crippen molar-refractivity contribution in [2.75, 3.05) is 0 Å². The van der Waals surface area contributed by atoms with Crippen LogP contribution in [-0.4, -0.2) is 23.9 Å². The Labute approximate surface area is 241 Å². The van der Waals surface area contributed by atoms with Crippen molar-refractivity contribution in [1.82, 2.24) is 0 Å². The van der Waals surface area contributed by atoms with Gasteiger partial charge in [0.2, 0.25) is 0 Å². The maximum atomic E-state index is 16.2. The van der Waals surface area contributed by atoms with Gasteiger partial charge in [-0.2, -0.15) is 0 Å². The van der Waals surface area contributed by atoms with Gasteiger partial charge in [0.15, 0.2) is 17.3 Å². The first-order valence-electron chi connectivity index (χ1n) is 12.1. The van der Waals surface area contributed by atoms with E-state index in [4.69, 9.17) is 18.9 Å². The first kappa shape index (κ1) is 30.5. The molecule has 0 N–H and O–H groups in total. The van der Waals surface area contributed by atoms with Crippen LogP contribution < -0.4 is 18.9 Å². The third-order valence-electron chi connectivity index (χ3n) is 5.43. The maximum Gasteiger partial charge on any atom is 0.335 e. The summed E-state index contributed by atoms with van der Waals surface area (Å²) in [6.45, 7) is 14.9. The van der Waals surface area contributed by atoms with Gasteiger partial charge in [-0.15, -0.1) is 0 Å². The molecule has 9 heteroatoms. The van der Waals surface area contributed by atoms with E-state index < -0.39 is 35.4 Å². The predicted molar refractivity (Wildman–Crippen MR) is 152 cm³/mol. The van der Waals surface area contributed by atoms with E-state index in [2.05, 4.69) is 38.2 Å². The SMILES string of the molecule is C=CC(=O)Oc1ccc(C#Cc2c(F)c(OC(=O)C=C)c(-c3ccc(OC(=O)C=C)cc3)c(C)c2OC(=O)C=C)cc1. The second kappa shape index (κ2) is 13.9. The summed E-state index contributed by atoms with van der Waals surface area (Å²) in [6.07, 6.45) is 3.75. The minimum atomic E-state index is -1.09. The fourth-order valence-corrected chi connectivity index (χ4v) is 3.51. The first-order valence-corrected chi connectivity index (χ1v) is 12.1. The van der Waals surface area contributed by atoms with Crippen LogP contribution in [0.3, 0.4) is 0 Å². The third-order valence-corrected chi connectivity index (χ3v) is 5.43. The second-order valence-electron chi connectivity index (χ2n) is 8.15. The van der Waals surface area contributed by atoms with Crippen molar-refractivity contribution in [3.8, 4) is 46.0 Å². The molecule has 0 aliphatic rings. The maximum absolute atomic E-state index is 16.2. The van der Waals surface area contributed by atoms with E-state index in [9.17, 15) is 19.2 Å². The van der Waals surface area contributed by atoms with Gasteiger partial charge in [0.1, 0.15) is 17.1 Å². The molecular formula is C33H23FO8. The Morgan fingerprint density at radius 2 is 1.07 bits per heavy atom. The fraction of sp³-hybridized carbons (Fsp3) is 0.0303.